The fourth-order valence-electron chi connectivity index (χ4n) is 1.57. The van der Waals surface area contributed by atoms with E-state index in [0.29, 0.717) is 11.4 Å². The maximum Gasteiger partial charge on any atom is 0.132 e. The first-order chi connectivity index (χ1) is 7.61. The largest absolute Gasteiger partial charge is 0.325 e. The van der Waals surface area contributed by atoms with Crippen molar-refractivity contribution in [3.63, 3.8) is 0 Å². The van der Waals surface area contributed by atoms with Crippen LogP contribution in [-0.2, 0) is 13.6 Å². The Balaban J connectivity index is 2.57. The molecule has 0 bridgehead atoms. The maximum absolute atomic E-state index is 13.5. The van der Waals surface area contributed by atoms with Crippen molar-refractivity contribution in [2.75, 3.05) is 0 Å². The van der Waals surface area contributed by atoms with Crippen molar-refractivity contribution in [2.24, 2.45) is 12.8 Å². The van der Waals surface area contributed by atoms with Gasteiger partial charge in [0, 0.05) is 19.2 Å². The molecule has 0 aliphatic carbocycles. The molecule has 3 nitrogen and oxygen atoms in total. The number of nitrogens with zero attached hydrogens (tertiary/aromatic N) is 2. The van der Waals surface area contributed by atoms with Crippen molar-refractivity contribution in [2.45, 2.75) is 6.54 Å². The Morgan fingerprint density at radius 2 is 2.06 bits per heavy atom. The zero-order valence-electron chi connectivity index (χ0n) is 8.74. The van der Waals surface area contributed by atoms with Gasteiger partial charge in [-0.25, -0.2) is 8.78 Å². The summed E-state index contributed by atoms with van der Waals surface area (Å²) in [6.45, 7) is 0.269. The normalized spacial score (nSPS) is 10.8. The van der Waals surface area contributed by atoms with Gasteiger partial charge in [0.2, 0.25) is 0 Å². The number of rotatable bonds is 2. The fourth-order valence-corrected chi connectivity index (χ4v) is 1.57. The van der Waals surface area contributed by atoms with Crippen LogP contribution >= 0.6 is 0 Å². The molecular weight excluding hydrogens is 212 g/mol. The molecule has 0 fully saturated rings. The minimum absolute atomic E-state index is 0.190. The predicted molar refractivity (Wildman–Crippen MR) is 56.5 cm³/mol. The summed E-state index contributed by atoms with van der Waals surface area (Å²) in [5, 5.41) is 4.08. The third kappa shape index (κ3) is 1.81. The van der Waals surface area contributed by atoms with E-state index in [2.05, 4.69) is 5.10 Å². The summed E-state index contributed by atoms with van der Waals surface area (Å²) >= 11 is 0. The molecule has 0 aliphatic rings. The highest BCUT2D eigenvalue weighted by atomic mass is 19.1. The van der Waals surface area contributed by atoms with Gasteiger partial charge < -0.3 is 5.73 Å². The van der Waals surface area contributed by atoms with Crippen LogP contribution in [0.25, 0.3) is 11.3 Å². The number of hydrogen-bond donors (Lipinski definition) is 1. The van der Waals surface area contributed by atoms with Crippen LogP contribution in [0.2, 0.25) is 0 Å². The average Bonchev–Trinajstić information content (AvgIpc) is 2.63. The number of aryl methyl sites for hydroxylation is 1. The minimum atomic E-state index is -0.480. The van der Waals surface area contributed by atoms with Gasteiger partial charge in [-0.1, -0.05) is 0 Å². The molecule has 0 aliphatic heterocycles. The number of benzene rings is 1. The van der Waals surface area contributed by atoms with E-state index in [1.54, 1.807) is 13.1 Å². The van der Waals surface area contributed by atoms with Gasteiger partial charge in [0.05, 0.1) is 11.4 Å². The molecule has 84 valence electrons. The minimum Gasteiger partial charge on any atom is -0.325 e. The zero-order valence-corrected chi connectivity index (χ0v) is 8.74. The average molecular weight is 223 g/mol. The van der Waals surface area contributed by atoms with Gasteiger partial charge in [-0.3, -0.25) is 4.68 Å². The van der Waals surface area contributed by atoms with E-state index < -0.39 is 11.6 Å². The van der Waals surface area contributed by atoms with Gasteiger partial charge in [-0.2, -0.15) is 5.10 Å². The fraction of sp³-hybridized carbons (Fsp3) is 0.182. The lowest BCUT2D eigenvalue weighted by Gasteiger charge is -2.03. The molecule has 1 aromatic heterocycles. The highest BCUT2D eigenvalue weighted by molar-refractivity contribution is 5.60. The third-order valence-electron chi connectivity index (χ3n) is 2.34. The van der Waals surface area contributed by atoms with E-state index in [1.807, 2.05) is 0 Å². The smallest absolute Gasteiger partial charge is 0.132 e. The second-order valence-electron chi connectivity index (χ2n) is 3.47. The molecule has 0 amide bonds. The number of hydrogen-bond acceptors (Lipinski definition) is 2. The van der Waals surface area contributed by atoms with Crippen LogP contribution in [0.5, 0.6) is 0 Å². The van der Waals surface area contributed by atoms with Gasteiger partial charge in [-0.05, 0) is 24.3 Å². The highest BCUT2D eigenvalue weighted by Gasteiger charge is 2.11. The molecule has 0 radical (unpaired) electrons. The van der Waals surface area contributed by atoms with Crippen molar-refractivity contribution in [3.8, 4) is 11.3 Å². The lowest BCUT2D eigenvalue weighted by molar-refractivity contribution is 0.601. The van der Waals surface area contributed by atoms with E-state index in [4.69, 9.17) is 5.73 Å². The van der Waals surface area contributed by atoms with E-state index in [0.717, 1.165) is 18.2 Å². The highest BCUT2D eigenvalue weighted by Crippen LogP contribution is 2.23. The van der Waals surface area contributed by atoms with Crippen LogP contribution in [0.15, 0.2) is 24.3 Å². The summed E-state index contributed by atoms with van der Waals surface area (Å²) in [5.41, 5.74) is 6.78. The van der Waals surface area contributed by atoms with E-state index in [9.17, 15) is 8.78 Å². The molecule has 2 rings (SSSR count). The van der Waals surface area contributed by atoms with Gasteiger partial charge in [-0.15, -0.1) is 0 Å². The van der Waals surface area contributed by atoms with E-state index in [1.165, 1.54) is 4.68 Å². The Labute approximate surface area is 91.5 Å². The van der Waals surface area contributed by atoms with Gasteiger partial charge in [0.1, 0.15) is 11.6 Å². The van der Waals surface area contributed by atoms with Crippen LogP contribution in [0.1, 0.15) is 5.69 Å². The van der Waals surface area contributed by atoms with Crippen LogP contribution in [0.4, 0.5) is 8.78 Å². The molecule has 2 N–H and O–H groups in total. The summed E-state index contributed by atoms with van der Waals surface area (Å²) in [7, 11) is 1.67. The molecule has 0 unspecified atom stereocenters. The van der Waals surface area contributed by atoms with Crippen LogP contribution in [-0.4, -0.2) is 9.78 Å². The summed E-state index contributed by atoms with van der Waals surface area (Å²) in [4.78, 5) is 0. The number of aromatic nitrogens is 2. The van der Waals surface area contributed by atoms with Gasteiger partial charge in [0.25, 0.3) is 0 Å². The SMILES string of the molecule is Cn1nc(CN)cc1-c1cc(F)ccc1F. The topological polar surface area (TPSA) is 43.8 Å². The van der Waals surface area contributed by atoms with Crippen molar-refractivity contribution in [1.29, 1.82) is 0 Å². The zero-order chi connectivity index (χ0) is 11.7. The molecule has 1 heterocycles. The summed E-state index contributed by atoms with van der Waals surface area (Å²) in [6.07, 6.45) is 0. The molecule has 0 atom stereocenters. The first kappa shape index (κ1) is 10.8. The molecule has 0 saturated carbocycles. The van der Waals surface area contributed by atoms with E-state index in [-0.39, 0.29) is 12.1 Å². The summed E-state index contributed by atoms with van der Waals surface area (Å²) in [6, 6.07) is 4.98. The lowest BCUT2D eigenvalue weighted by atomic mass is 10.1. The third-order valence-corrected chi connectivity index (χ3v) is 2.34. The van der Waals surface area contributed by atoms with Crippen LogP contribution in [0, 0.1) is 11.6 Å². The summed E-state index contributed by atoms with van der Waals surface area (Å²) < 4.78 is 28.0. The molecule has 2 aromatic rings. The molecular formula is C11H11F2N3. The lowest BCUT2D eigenvalue weighted by Crippen LogP contribution is -1.99. The number of halogens is 2. The van der Waals surface area contributed by atoms with Crippen LogP contribution < -0.4 is 5.73 Å². The van der Waals surface area contributed by atoms with Gasteiger partial charge >= 0.3 is 0 Å². The Bertz CT molecular complexity index is 520. The predicted octanol–water partition coefficient (Wildman–Crippen LogP) is 1.82. The van der Waals surface area contributed by atoms with Gasteiger partial charge in [0.15, 0.2) is 0 Å². The molecule has 16 heavy (non-hydrogen) atoms. The van der Waals surface area contributed by atoms with Crippen molar-refractivity contribution in [3.05, 3.63) is 41.6 Å². The van der Waals surface area contributed by atoms with Crippen LogP contribution in [0.3, 0.4) is 0 Å². The molecule has 0 spiro atoms. The second-order valence-corrected chi connectivity index (χ2v) is 3.47. The Hall–Kier alpha value is -1.75. The van der Waals surface area contributed by atoms with Crippen molar-refractivity contribution in [1.82, 2.24) is 9.78 Å². The summed E-state index contributed by atoms with van der Waals surface area (Å²) in [5.74, 6) is -0.958. The Kier molecular flexibility index (Phi) is 2.70. The van der Waals surface area contributed by atoms with Crippen molar-refractivity contribution < 1.29 is 8.78 Å². The first-order valence-corrected chi connectivity index (χ1v) is 4.80. The molecule has 5 heteroatoms. The first-order valence-electron chi connectivity index (χ1n) is 4.80. The van der Waals surface area contributed by atoms with Crippen molar-refractivity contribution >= 4 is 0 Å². The molecule has 1 aromatic carbocycles. The second kappa shape index (κ2) is 4.02. The monoisotopic (exact) mass is 223 g/mol. The quantitative estimate of drug-likeness (QED) is 0.844. The number of nitrogens with two attached hydrogens (primary N) is 1. The van der Waals surface area contributed by atoms with E-state index >= 15 is 0 Å². The Morgan fingerprint density at radius 1 is 1.31 bits per heavy atom. The molecule has 0 saturated heterocycles. The Morgan fingerprint density at radius 3 is 2.69 bits per heavy atom. The standard InChI is InChI=1S/C11H11F2N3/c1-16-11(5-8(6-14)15-16)9-4-7(12)2-3-10(9)13/h2-5H,6,14H2,1H3. The maximum atomic E-state index is 13.5.